The summed E-state index contributed by atoms with van der Waals surface area (Å²) < 4.78 is 5.41. The number of carbonyl (C=O) groups is 1. The van der Waals surface area contributed by atoms with Gasteiger partial charge >= 0.3 is 0 Å². The molecular formula is C17H27N3O2. The number of likely N-dealkylation sites (tertiary alicyclic amines) is 2. The third kappa shape index (κ3) is 2.43. The van der Waals surface area contributed by atoms with E-state index in [2.05, 4.69) is 18.0 Å². The van der Waals surface area contributed by atoms with Gasteiger partial charge in [-0.25, -0.2) is 0 Å². The molecule has 0 aromatic carbocycles. The molecular weight excluding hydrogens is 278 g/mol. The highest BCUT2D eigenvalue weighted by Crippen LogP contribution is 2.46. The summed E-state index contributed by atoms with van der Waals surface area (Å²) in [6.45, 7) is 4.43. The summed E-state index contributed by atoms with van der Waals surface area (Å²) in [6.07, 6.45) is 4.54. The van der Waals surface area contributed by atoms with Crippen LogP contribution in [0.15, 0.2) is 0 Å². The van der Waals surface area contributed by atoms with E-state index in [0.29, 0.717) is 5.92 Å². The zero-order valence-electron chi connectivity index (χ0n) is 13.8. The smallest absolute Gasteiger partial charge is 0.243 e. The number of amides is 1. The Bertz CT molecular complexity index is 481. The van der Waals surface area contributed by atoms with Gasteiger partial charge in [0.2, 0.25) is 5.91 Å². The average Bonchev–Trinajstić information content (AvgIpc) is 3.20. The Hall–Kier alpha value is -1.12. The number of nitrogens with zero attached hydrogens (tertiary/aromatic N) is 3. The lowest BCUT2D eigenvalue weighted by atomic mass is 9.77. The second-order valence-corrected chi connectivity index (χ2v) is 7.59. The van der Waals surface area contributed by atoms with Gasteiger partial charge in [-0.2, -0.15) is 5.26 Å². The van der Waals surface area contributed by atoms with Crippen LogP contribution in [0.5, 0.6) is 0 Å². The van der Waals surface area contributed by atoms with Gasteiger partial charge in [0.15, 0.2) is 0 Å². The van der Waals surface area contributed by atoms with Crippen LogP contribution in [0.1, 0.15) is 32.1 Å². The van der Waals surface area contributed by atoms with Gasteiger partial charge in [0.05, 0.1) is 12.7 Å². The van der Waals surface area contributed by atoms with E-state index in [0.717, 1.165) is 64.9 Å². The van der Waals surface area contributed by atoms with Crippen LogP contribution in [0, 0.1) is 28.1 Å². The predicted octanol–water partition coefficient (Wildman–Crippen LogP) is 1.50. The second-order valence-electron chi connectivity index (χ2n) is 7.59. The lowest BCUT2D eigenvalue weighted by Gasteiger charge is -2.32. The van der Waals surface area contributed by atoms with Crippen LogP contribution in [-0.4, -0.2) is 62.7 Å². The highest BCUT2D eigenvalue weighted by Gasteiger charge is 2.53. The minimum atomic E-state index is -0.729. The van der Waals surface area contributed by atoms with Crippen molar-refractivity contribution in [1.82, 2.24) is 9.80 Å². The lowest BCUT2D eigenvalue weighted by Crippen LogP contribution is -2.43. The summed E-state index contributed by atoms with van der Waals surface area (Å²) in [5.41, 5.74) is -0.567. The first-order valence-electron chi connectivity index (χ1n) is 8.43. The predicted molar refractivity (Wildman–Crippen MR) is 83.0 cm³/mol. The molecule has 122 valence electrons. The lowest BCUT2D eigenvalue weighted by molar-refractivity contribution is -0.138. The van der Waals surface area contributed by atoms with E-state index in [1.807, 2.05) is 4.90 Å². The van der Waals surface area contributed by atoms with E-state index in [1.54, 1.807) is 7.11 Å². The molecule has 1 saturated carbocycles. The van der Waals surface area contributed by atoms with Crippen molar-refractivity contribution in [2.45, 2.75) is 32.1 Å². The molecule has 3 fully saturated rings. The van der Waals surface area contributed by atoms with Gasteiger partial charge in [-0.1, -0.05) is 12.8 Å². The molecule has 2 aliphatic heterocycles. The van der Waals surface area contributed by atoms with Gasteiger partial charge in [0, 0.05) is 44.6 Å². The molecule has 5 heteroatoms. The standard InChI is InChI=1S/C17H27N3O2/c1-19-9-14(10-22-2)17(12-19)7-8-20(13-17)15(21)16(11-18)5-3-4-6-16/h14H,3-10,12-13H2,1-2H3/t14-,17-/m1/s1. The van der Waals surface area contributed by atoms with Crippen molar-refractivity contribution in [2.24, 2.45) is 16.7 Å². The Morgan fingerprint density at radius 3 is 2.68 bits per heavy atom. The first kappa shape index (κ1) is 15.8. The third-order valence-corrected chi connectivity index (χ3v) is 6.10. The fourth-order valence-corrected chi connectivity index (χ4v) is 4.92. The molecule has 0 radical (unpaired) electrons. The molecule has 2 saturated heterocycles. The largest absolute Gasteiger partial charge is 0.384 e. The van der Waals surface area contributed by atoms with E-state index in [4.69, 9.17) is 4.74 Å². The number of nitriles is 1. The van der Waals surface area contributed by atoms with Gasteiger partial charge in [-0.15, -0.1) is 0 Å². The number of ether oxygens (including phenoxy) is 1. The fraction of sp³-hybridized carbons (Fsp3) is 0.882. The van der Waals surface area contributed by atoms with Crippen LogP contribution in [-0.2, 0) is 9.53 Å². The van der Waals surface area contributed by atoms with E-state index in [-0.39, 0.29) is 11.3 Å². The summed E-state index contributed by atoms with van der Waals surface area (Å²) in [6, 6.07) is 2.35. The monoisotopic (exact) mass is 305 g/mol. The molecule has 2 atom stereocenters. The molecule has 22 heavy (non-hydrogen) atoms. The van der Waals surface area contributed by atoms with Crippen molar-refractivity contribution in [3.63, 3.8) is 0 Å². The van der Waals surface area contributed by atoms with E-state index < -0.39 is 5.41 Å². The summed E-state index contributed by atoms with van der Waals surface area (Å²) in [4.78, 5) is 17.3. The van der Waals surface area contributed by atoms with E-state index in [9.17, 15) is 10.1 Å². The zero-order chi connectivity index (χ0) is 15.8. The van der Waals surface area contributed by atoms with Crippen molar-refractivity contribution in [2.75, 3.05) is 46.9 Å². The van der Waals surface area contributed by atoms with Crippen molar-refractivity contribution in [1.29, 1.82) is 5.26 Å². The van der Waals surface area contributed by atoms with Crippen molar-refractivity contribution in [3.8, 4) is 6.07 Å². The van der Waals surface area contributed by atoms with E-state index in [1.165, 1.54) is 0 Å². The maximum Gasteiger partial charge on any atom is 0.243 e. The van der Waals surface area contributed by atoms with Crippen molar-refractivity contribution < 1.29 is 9.53 Å². The molecule has 3 aliphatic rings. The van der Waals surface area contributed by atoms with Gasteiger partial charge in [-0.3, -0.25) is 4.79 Å². The SMILES string of the molecule is COC[C@H]1CN(C)C[C@@]12CCN(C(=O)C1(C#N)CCCC1)C2. The number of rotatable bonds is 3. The molecule has 0 bridgehead atoms. The fourth-order valence-electron chi connectivity index (χ4n) is 4.92. The Labute approximate surface area is 133 Å². The molecule has 0 unspecified atom stereocenters. The Balaban J connectivity index is 1.74. The van der Waals surface area contributed by atoms with Crippen molar-refractivity contribution >= 4 is 5.91 Å². The molecule has 3 rings (SSSR count). The number of methoxy groups -OCH3 is 1. The maximum absolute atomic E-state index is 12.9. The zero-order valence-corrected chi connectivity index (χ0v) is 13.8. The van der Waals surface area contributed by atoms with Gasteiger partial charge < -0.3 is 14.5 Å². The molecule has 5 nitrogen and oxygen atoms in total. The van der Waals surface area contributed by atoms with E-state index >= 15 is 0 Å². The van der Waals surface area contributed by atoms with Crippen LogP contribution < -0.4 is 0 Å². The topological polar surface area (TPSA) is 56.6 Å². The van der Waals surface area contributed by atoms with Crippen LogP contribution >= 0.6 is 0 Å². The van der Waals surface area contributed by atoms with Crippen molar-refractivity contribution in [3.05, 3.63) is 0 Å². The summed E-state index contributed by atoms with van der Waals surface area (Å²) in [5.74, 6) is 0.581. The molecule has 1 amide bonds. The van der Waals surface area contributed by atoms with Crippen LogP contribution in [0.2, 0.25) is 0 Å². The normalized spacial score (nSPS) is 34.4. The Morgan fingerprint density at radius 1 is 1.32 bits per heavy atom. The first-order valence-corrected chi connectivity index (χ1v) is 8.43. The van der Waals surface area contributed by atoms with Gasteiger partial charge in [-0.05, 0) is 26.3 Å². The molecule has 0 N–H and O–H groups in total. The first-order chi connectivity index (χ1) is 10.6. The van der Waals surface area contributed by atoms with Gasteiger partial charge in [0.25, 0.3) is 0 Å². The summed E-state index contributed by atoms with van der Waals surface area (Å²) in [5, 5.41) is 9.56. The maximum atomic E-state index is 12.9. The van der Waals surface area contributed by atoms with Gasteiger partial charge in [0.1, 0.15) is 5.41 Å². The summed E-state index contributed by atoms with van der Waals surface area (Å²) in [7, 11) is 3.91. The molecule has 1 aliphatic carbocycles. The highest BCUT2D eigenvalue weighted by molar-refractivity contribution is 5.86. The summed E-state index contributed by atoms with van der Waals surface area (Å²) >= 11 is 0. The Morgan fingerprint density at radius 2 is 2.05 bits per heavy atom. The molecule has 2 heterocycles. The third-order valence-electron chi connectivity index (χ3n) is 6.10. The second kappa shape index (κ2) is 5.82. The average molecular weight is 305 g/mol. The molecule has 0 aromatic rings. The van der Waals surface area contributed by atoms with Crippen LogP contribution in [0.3, 0.4) is 0 Å². The minimum Gasteiger partial charge on any atom is -0.384 e. The molecule has 1 spiro atoms. The van der Waals surface area contributed by atoms with Crippen LogP contribution in [0.25, 0.3) is 0 Å². The quantitative estimate of drug-likeness (QED) is 0.793. The number of hydrogen-bond acceptors (Lipinski definition) is 4. The highest BCUT2D eigenvalue weighted by atomic mass is 16.5. The Kier molecular flexibility index (Phi) is 4.17. The molecule has 0 aromatic heterocycles. The number of carbonyl (C=O) groups excluding carboxylic acids is 1. The number of hydrogen-bond donors (Lipinski definition) is 0. The minimum absolute atomic E-state index is 0.0927. The van der Waals surface area contributed by atoms with Crippen LogP contribution in [0.4, 0.5) is 0 Å².